The number of rotatable bonds is 3. The van der Waals surface area contributed by atoms with Crippen LogP contribution in [0.3, 0.4) is 0 Å². The van der Waals surface area contributed by atoms with Crippen LogP contribution in [0, 0.1) is 0 Å². The summed E-state index contributed by atoms with van der Waals surface area (Å²) in [4.78, 5) is 16.3. The van der Waals surface area contributed by atoms with E-state index in [2.05, 4.69) is 15.2 Å². The lowest BCUT2D eigenvalue weighted by atomic mass is 10.4. The molecule has 6 nitrogen and oxygen atoms in total. The van der Waals surface area contributed by atoms with E-state index >= 15 is 0 Å². The molecule has 3 heterocycles. The predicted molar refractivity (Wildman–Crippen MR) is 66.7 cm³/mol. The van der Waals surface area contributed by atoms with Gasteiger partial charge in [0.25, 0.3) is 5.56 Å². The van der Waals surface area contributed by atoms with Gasteiger partial charge in [-0.05, 0) is 11.4 Å². The number of thiophene rings is 1. The van der Waals surface area contributed by atoms with Crippen molar-refractivity contribution in [2.75, 3.05) is 0 Å². The van der Waals surface area contributed by atoms with Gasteiger partial charge in [0.15, 0.2) is 0 Å². The average molecular weight is 262 g/mol. The number of hydrogen-bond donors (Lipinski definition) is 0. The summed E-state index contributed by atoms with van der Waals surface area (Å²) in [5.41, 5.74) is 0.646. The highest BCUT2D eigenvalue weighted by Gasteiger charge is 2.09. The van der Waals surface area contributed by atoms with E-state index in [9.17, 15) is 4.79 Å². The summed E-state index contributed by atoms with van der Waals surface area (Å²) in [5.74, 6) is 0.995. The van der Waals surface area contributed by atoms with Gasteiger partial charge in [-0.25, -0.2) is 4.98 Å². The minimum absolute atomic E-state index is 0.0775. The van der Waals surface area contributed by atoms with Gasteiger partial charge in [0.1, 0.15) is 11.2 Å². The van der Waals surface area contributed by atoms with Gasteiger partial charge in [-0.2, -0.15) is 0 Å². The molecule has 18 heavy (non-hydrogen) atoms. The van der Waals surface area contributed by atoms with Crippen molar-refractivity contribution in [1.82, 2.24) is 19.7 Å². The fraction of sp³-hybridized carbons (Fsp3) is 0.273. The summed E-state index contributed by atoms with van der Waals surface area (Å²) in [6.45, 7) is 2.19. The van der Waals surface area contributed by atoms with Crippen LogP contribution in [0.4, 0.5) is 0 Å². The van der Waals surface area contributed by atoms with Gasteiger partial charge in [0.05, 0.1) is 11.8 Å². The first-order valence-electron chi connectivity index (χ1n) is 5.52. The van der Waals surface area contributed by atoms with Crippen LogP contribution in [0.25, 0.3) is 10.2 Å². The Morgan fingerprint density at radius 2 is 2.22 bits per heavy atom. The van der Waals surface area contributed by atoms with Crippen LogP contribution in [-0.4, -0.2) is 19.7 Å². The molecule has 0 bridgehead atoms. The lowest BCUT2D eigenvalue weighted by molar-refractivity contribution is 0.439. The van der Waals surface area contributed by atoms with E-state index in [1.165, 1.54) is 22.2 Å². The van der Waals surface area contributed by atoms with Crippen LogP contribution in [0.2, 0.25) is 0 Å². The molecule has 3 rings (SSSR count). The van der Waals surface area contributed by atoms with Gasteiger partial charge in [-0.3, -0.25) is 9.36 Å². The van der Waals surface area contributed by atoms with E-state index in [-0.39, 0.29) is 12.1 Å². The van der Waals surface area contributed by atoms with Crippen LogP contribution in [0.5, 0.6) is 0 Å². The van der Waals surface area contributed by atoms with Crippen molar-refractivity contribution < 1.29 is 4.42 Å². The molecule has 0 saturated heterocycles. The van der Waals surface area contributed by atoms with E-state index in [4.69, 9.17) is 4.42 Å². The molecular formula is C11H10N4O2S. The SMILES string of the molecule is CCc1nnc(Cn2cnc3ccsc3c2=O)o1. The van der Waals surface area contributed by atoms with Gasteiger partial charge < -0.3 is 4.42 Å². The maximum atomic E-state index is 12.1. The van der Waals surface area contributed by atoms with Gasteiger partial charge >= 0.3 is 0 Å². The second-order valence-electron chi connectivity index (χ2n) is 3.76. The van der Waals surface area contributed by atoms with E-state index in [0.717, 1.165) is 5.52 Å². The van der Waals surface area contributed by atoms with Gasteiger partial charge in [-0.1, -0.05) is 6.92 Å². The molecule has 0 unspecified atom stereocenters. The summed E-state index contributed by atoms with van der Waals surface area (Å²) in [6.07, 6.45) is 2.19. The fourth-order valence-corrected chi connectivity index (χ4v) is 2.43. The maximum absolute atomic E-state index is 12.1. The quantitative estimate of drug-likeness (QED) is 0.714. The summed E-state index contributed by atoms with van der Waals surface area (Å²) in [7, 11) is 0. The van der Waals surface area contributed by atoms with Gasteiger partial charge in [-0.15, -0.1) is 21.5 Å². The number of aryl methyl sites for hydroxylation is 1. The fourth-order valence-electron chi connectivity index (χ4n) is 1.63. The van der Waals surface area contributed by atoms with Gasteiger partial charge in [0.2, 0.25) is 11.8 Å². The third-order valence-electron chi connectivity index (χ3n) is 2.55. The van der Waals surface area contributed by atoms with Crippen molar-refractivity contribution in [3.05, 3.63) is 39.9 Å². The molecular weight excluding hydrogens is 252 g/mol. The van der Waals surface area contributed by atoms with E-state index < -0.39 is 0 Å². The third-order valence-corrected chi connectivity index (χ3v) is 3.44. The lowest BCUT2D eigenvalue weighted by Crippen LogP contribution is -2.20. The molecule has 0 aliphatic heterocycles. The smallest absolute Gasteiger partial charge is 0.271 e. The maximum Gasteiger partial charge on any atom is 0.271 e. The number of fused-ring (bicyclic) bond motifs is 1. The van der Waals surface area contributed by atoms with E-state index in [0.29, 0.717) is 22.9 Å². The Labute approximate surface area is 106 Å². The Kier molecular flexibility index (Phi) is 2.67. The minimum Gasteiger partial charge on any atom is -0.423 e. The normalized spacial score (nSPS) is 11.2. The van der Waals surface area contributed by atoms with Gasteiger partial charge in [0, 0.05) is 6.42 Å². The Morgan fingerprint density at radius 3 is 3.00 bits per heavy atom. The standard InChI is InChI=1S/C11H10N4O2S/c1-2-8-13-14-9(17-8)5-15-6-12-7-3-4-18-10(7)11(15)16/h3-4,6H,2,5H2,1H3. The molecule has 92 valence electrons. The van der Waals surface area contributed by atoms with Crippen molar-refractivity contribution >= 4 is 21.6 Å². The largest absolute Gasteiger partial charge is 0.423 e. The predicted octanol–water partition coefficient (Wildman–Crippen LogP) is 1.45. The summed E-state index contributed by atoms with van der Waals surface area (Å²) < 4.78 is 7.50. The molecule has 0 aliphatic rings. The van der Waals surface area contributed by atoms with Crippen molar-refractivity contribution in [2.24, 2.45) is 0 Å². The highest BCUT2D eigenvalue weighted by atomic mass is 32.1. The number of aromatic nitrogens is 4. The number of nitrogens with zero attached hydrogens (tertiary/aromatic N) is 4. The number of hydrogen-bond acceptors (Lipinski definition) is 6. The zero-order valence-corrected chi connectivity index (χ0v) is 10.5. The van der Waals surface area contributed by atoms with Crippen LogP contribution in [-0.2, 0) is 13.0 Å². The summed E-state index contributed by atoms with van der Waals surface area (Å²) >= 11 is 1.39. The molecule has 0 radical (unpaired) electrons. The summed E-state index contributed by atoms with van der Waals surface area (Å²) in [5, 5.41) is 9.61. The molecule has 0 N–H and O–H groups in total. The Hall–Kier alpha value is -2.02. The molecule has 0 saturated carbocycles. The highest BCUT2D eigenvalue weighted by Crippen LogP contribution is 2.13. The van der Waals surface area contributed by atoms with Crippen molar-refractivity contribution in [1.29, 1.82) is 0 Å². The zero-order valence-electron chi connectivity index (χ0n) is 9.66. The molecule has 3 aromatic rings. The van der Waals surface area contributed by atoms with E-state index in [1.54, 1.807) is 0 Å². The molecule has 7 heteroatoms. The topological polar surface area (TPSA) is 73.8 Å². The highest BCUT2D eigenvalue weighted by molar-refractivity contribution is 7.17. The first-order valence-corrected chi connectivity index (χ1v) is 6.40. The molecule has 0 atom stereocenters. The lowest BCUT2D eigenvalue weighted by Gasteiger charge is -2.00. The third kappa shape index (κ3) is 1.82. The van der Waals surface area contributed by atoms with Crippen molar-refractivity contribution in [3.8, 4) is 0 Å². The molecule has 0 aliphatic carbocycles. The zero-order chi connectivity index (χ0) is 12.5. The molecule has 0 fully saturated rings. The minimum atomic E-state index is -0.0775. The monoisotopic (exact) mass is 262 g/mol. The van der Waals surface area contributed by atoms with Crippen LogP contribution >= 0.6 is 11.3 Å². The molecule has 3 aromatic heterocycles. The Morgan fingerprint density at radius 1 is 1.39 bits per heavy atom. The second kappa shape index (κ2) is 4.34. The Balaban J connectivity index is 1.99. The van der Waals surface area contributed by atoms with Crippen LogP contribution in [0.1, 0.15) is 18.7 Å². The molecule has 0 aromatic carbocycles. The first kappa shape index (κ1) is 11.1. The van der Waals surface area contributed by atoms with E-state index in [1.807, 2.05) is 18.4 Å². The Bertz CT molecular complexity index is 743. The molecule has 0 amide bonds. The average Bonchev–Trinajstić information content (AvgIpc) is 3.01. The summed E-state index contributed by atoms with van der Waals surface area (Å²) in [6, 6.07) is 1.83. The van der Waals surface area contributed by atoms with Crippen LogP contribution < -0.4 is 5.56 Å². The van der Waals surface area contributed by atoms with Crippen molar-refractivity contribution in [2.45, 2.75) is 19.9 Å². The molecule has 0 spiro atoms. The second-order valence-corrected chi connectivity index (χ2v) is 4.67. The van der Waals surface area contributed by atoms with Crippen molar-refractivity contribution in [3.63, 3.8) is 0 Å². The van der Waals surface area contributed by atoms with Crippen LogP contribution in [0.15, 0.2) is 27.0 Å². The first-order chi connectivity index (χ1) is 8.78.